The number of nitrogens with zero attached hydrogens (tertiary/aromatic N) is 1. The third-order valence-electron chi connectivity index (χ3n) is 3.53. The molecule has 0 saturated carbocycles. The monoisotopic (exact) mass is 312 g/mol. The van der Waals surface area contributed by atoms with Gasteiger partial charge in [0.25, 0.3) is 0 Å². The second-order valence-corrected chi connectivity index (χ2v) is 6.23. The lowest BCUT2D eigenvalue weighted by Crippen LogP contribution is -2.54. The molecule has 1 aliphatic rings. The average Bonchev–Trinajstić information content (AvgIpc) is 2.31. The quantitative estimate of drug-likeness (QED) is 0.872. The topological polar surface area (TPSA) is 38.5 Å². The molecule has 4 heteroatoms. The van der Waals surface area contributed by atoms with Crippen molar-refractivity contribution in [2.24, 2.45) is 11.1 Å². The largest absolute Gasteiger partial charge is 0.380 e. The number of halogens is 1. The second-order valence-electron chi connectivity index (χ2n) is 5.31. The normalized spacial score (nSPS) is 17.8. The number of benzene rings is 1. The predicted octanol–water partition coefficient (Wildman–Crippen LogP) is 1.90. The summed E-state index contributed by atoms with van der Waals surface area (Å²) in [5.74, 6) is 0. The van der Waals surface area contributed by atoms with E-state index in [9.17, 15) is 0 Å². The van der Waals surface area contributed by atoms with Crippen LogP contribution in [0.2, 0.25) is 0 Å². The molecule has 18 heavy (non-hydrogen) atoms. The van der Waals surface area contributed by atoms with E-state index in [1.807, 2.05) is 0 Å². The number of ether oxygens (including phenoxy) is 1. The highest BCUT2D eigenvalue weighted by Gasteiger charge is 2.37. The molecule has 1 aliphatic heterocycles. The van der Waals surface area contributed by atoms with Gasteiger partial charge in [0, 0.05) is 29.5 Å². The number of rotatable bonds is 6. The van der Waals surface area contributed by atoms with E-state index in [2.05, 4.69) is 52.1 Å². The fraction of sp³-hybridized carbons (Fsp3) is 0.571. The van der Waals surface area contributed by atoms with Gasteiger partial charge >= 0.3 is 0 Å². The van der Waals surface area contributed by atoms with Gasteiger partial charge in [0.15, 0.2) is 0 Å². The van der Waals surface area contributed by atoms with Crippen molar-refractivity contribution in [3.05, 3.63) is 34.3 Å². The Morgan fingerprint density at radius 2 is 2.22 bits per heavy atom. The third kappa shape index (κ3) is 3.54. The lowest BCUT2D eigenvalue weighted by atomic mass is 9.85. The van der Waals surface area contributed by atoms with Crippen LogP contribution in [0.5, 0.6) is 0 Å². The van der Waals surface area contributed by atoms with Gasteiger partial charge in [-0.15, -0.1) is 0 Å². The smallest absolute Gasteiger partial charge is 0.0569 e. The molecule has 0 aliphatic carbocycles. The summed E-state index contributed by atoms with van der Waals surface area (Å²) in [7, 11) is 2.16. The minimum Gasteiger partial charge on any atom is -0.380 e. The van der Waals surface area contributed by atoms with Crippen molar-refractivity contribution < 1.29 is 4.74 Å². The second kappa shape index (κ2) is 6.15. The average molecular weight is 313 g/mol. The Balaban J connectivity index is 1.79. The summed E-state index contributed by atoms with van der Waals surface area (Å²) in [5, 5.41) is 0. The molecule has 0 amide bonds. The van der Waals surface area contributed by atoms with Gasteiger partial charge in [0.2, 0.25) is 0 Å². The van der Waals surface area contributed by atoms with E-state index in [1.165, 1.54) is 5.56 Å². The molecule has 1 aromatic rings. The van der Waals surface area contributed by atoms with Crippen molar-refractivity contribution >= 4 is 15.9 Å². The van der Waals surface area contributed by atoms with Crippen molar-refractivity contribution in [3.63, 3.8) is 0 Å². The van der Waals surface area contributed by atoms with E-state index in [-0.39, 0.29) is 5.41 Å². The van der Waals surface area contributed by atoms with Crippen LogP contribution in [0, 0.1) is 5.41 Å². The van der Waals surface area contributed by atoms with Gasteiger partial charge in [-0.25, -0.2) is 0 Å². The number of hydrogen-bond donors (Lipinski definition) is 1. The predicted molar refractivity (Wildman–Crippen MR) is 77.6 cm³/mol. The van der Waals surface area contributed by atoms with Gasteiger partial charge < -0.3 is 15.4 Å². The molecule has 1 saturated heterocycles. The maximum absolute atomic E-state index is 5.83. The zero-order valence-electron chi connectivity index (χ0n) is 10.9. The summed E-state index contributed by atoms with van der Waals surface area (Å²) < 4.78 is 6.44. The molecule has 1 fully saturated rings. The Hall–Kier alpha value is -0.420. The fourth-order valence-electron chi connectivity index (χ4n) is 2.33. The molecule has 0 unspecified atom stereocenters. The molecule has 2 rings (SSSR count). The van der Waals surface area contributed by atoms with Crippen LogP contribution in [0.4, 0.5) is 0 Å². The van der Waals surface area contributed by atoms with E-state index in [0.717, 1.165) is 37.2 Å². The summed E-state index contributed by atoms with van der Waals surface area (Å²) >= 11 is 3.50. The molecule has 0 atom stereocenters. The number of hydrogen-bond acceptors (Lipinski definition) is 3. The summed E-state index contributed by atoms with van der Waals surface area (Å²) in [5.41, 5.74) is 7.40. The fourth-order valence-corrected chi connectivity index (χ4v) is 2.78. The molecular weight excluding hydrogens is 292 g/mol. The van der Waals surface area contributed by atoms with Gasteiger partial charge in [-0.2, -0.15) is 0 Å². The highest BCUT2D eigenvalue weighted by Crippen LogP contribution is 2.26. The summed E-state index contributed by atoms with van der Waals surface area (Å²) in [6, 6.07) is 8.49. The van der Waals surface area contributed by atoms with Gasteiger partial charge in [-0.05, 0) is 31.2 Å². The lowest BCUT2D eigenvalue weighted by molar-refractivity contribution is -0.117. The molecule has 0 radical (unpaired) electrons. The lowest BCUT2D eigenvalue weighted by Gasteiger charge is -2.43. The summed E-state index contributed by atoms with van der Waals surface area (Å²) in [6.07, 6.45) is 1.07. The number of likely N-dealkylation sites (N-methyl/N-ethyl adjacent to an activating group) is 1. The first-order chi connectivity index (χ1) is 8.63. The van der Waals surface area contributed by atoms with E-state index in [0.29, 0.717) is 6.54 Å². The van der Waals surface area contributed by atoms with E-state index >= 15 is 0 Å². The Morgan fingerprint density at radius 1 is 1.44 bits per heavy atom. The van der Waals surface area contributed by atoms with Gasteiger partial charge in [-0.3, -0.25) is 0 Å². The third-order valence-corrected chi connectivity index (χ3v) is 4.02. The molecule has 0 spiro atoms. The van der Waals surface area contributed by atoms with Crippen LogP contribution in [-0.4, -0.2) is 44.8 Å². The summed E-state index contributed by atoms with van der Waals surface area (Å²) in [4.78, 5) is 2.36. The van der Waals surface area contributed by atoms with Crippen molar-refractivity contribution in [1.29, 1.82) is 0 Å². The van der Waals surface area contributed by atoms with Crippen LogP contribution in [-0.2, 0) is 11.2 Å². The first kappa shape index (κ1) is 14.0. The maximum atomic E-state index is 5.83. The Labute approximate surface area is 117 Å². The van der Waals surface area contributed by atoms with Crippen molar-refractivity contribution in [3.8, 4) is 0 Å². The van der Waals surface area contributed by atoms with Crippen molar-refractivity contribution in [2.45, 2.75) is 6.42 Å². The first-order valence-corrected chi connectivity index (χ1v) is 7.14. The van der Waals surface area contributed by atoms with Crippen LogP contribution in [0.3, 0.4) is 0 Å². The van der Waals surface area contributed by atoms with Crippen LogP contribution < -0.4 is 5.73 Å². The van der Waals surface area contributed by atoms with Crippen molar-refractivity contribution in [1.82, 2.24) is 4.90 Å². The molecule has 1 aromatic carbocycles. The Kier molecular flexibility index (Phi) is 4.78. The van der Waals surface area contributed by atoms with Gasteiger partial charge in [0.05, 0.1) is 13.2 Å². The van der Waals surface area contributed by atoms with E-state index in [4.69, 9.17) is 10.5 Å². The van der Waals surface area contributed by atoms with Crippen LogP contribution >= 0.6 is 15.9 Å². The van der Waals surface area contributed by atoms with Gasteiger partial charge in [0.1, 0.15) is 0 Å². The van der Waals surface area contributed by atoms with Crippen molar-refractivity contribution in [2.75, 3.05) is 39.9 Å². The van der Waals surface area contributed by atoms with Crippen LogP contribution in [0.15, 0.2) is 28.7 Å². The Bertz CT molecular complexity index is 388. The Morgan fingerprint density at radius 3 is 2.78 bits per heavy atom. The van der Waals surface area contributed by atoms with E-state index in [1.54, 1.807) is 0 Å². The van der Waals surface area contributed by atoms with E-state index < -0.39 is 0 Å². The minimum absolute atomic E-state index is 0.200. The highest BCUT2D eigenvalue weighted by molar-refractivity contribution is 9.10. The van der Waals surface area contributed by atoms with Crippen LogP contribution in [0.1, 0.15) is 5.56 Å². The molecule has 100 valence electrons. The minimum atomic E-state index is 0.200. The molecule has 3 nitrogen and oxygen atoms in total. The SMILES string of the molecule is CN(CCc1cccc(Br)c1)CC1(CN)COC1. The standard InChI is InChI=1S/C14H21BrN2O/c1-17(9-14(8-16)10-18-11-14)6-5-12-3-2-4-13(15)7-12/h2-4,7H,5-6,8-11,16H2,1H3. The molecule has 0 aromatic heterocycles. The molecule has 0 bridgehead atoms. The summed E-state index contributed by atoms with van der Waals surface area (Å²) in [6.45, 7) is 4.42. The van der Waals surface area contributed by atoms with Gasteiger partial charge in [-0.1, -0.05) is 28.1 Å². The molecular formula is C14H21BrN2O. The first-order valence-electron chi connectivity index (χ1n) is 6.34. The molecule has 2 N–H and O–H groups in total. The molecule has 1 heterocycles. The zero-order valence-corrected chi connectivity index (χ0v) is 12.4. The number of nitrogens with two attached hydrogens (primary N) is 1. The highest BCUT2D eigenvalue weighted by atomic mass is 79.9. The zero-order chi connectivity index (χ0) is 13.0. The van der Waals surface area contributed by atoms with Crippen LogP contribution in [0.25, 0.3) is 0 Å². The maximum Gasteiger partial charge on any atom is 0.0569 e.